The molecule has 0 atom stereocenters. The van der Waals surface area contributed by atoms with Crippen LogP contribution in [-0.4, -0.2) is 10.5 Å². The first-order valence-electron chi connectivity index (χ1n) is 7.47. The highest BCUT2D eigenvalue weighted by atomic mass is 35.5. The highest BCUT2D eigenvalue weighted by molar-refractivity contribution is 6.30. The van der Waals surface area contributed by atoms with Gasteiger partial charge in [-0.05, 0) is 68.4 Å². The van der Waals surface area contributed by atoms with E-state index in [0.29, 0.717) is 21.3 Å². The average Bonchev–Trinajstić information content (AvgIpc) is 2.85. The van der Waals surface area contributed by atoms with Gasteiger partial charge >= 0.3 is 0 Å². The topological polar surface area (TPSA) is 34.0 Å². The minimum absolute atomic E-state index is 0.148. The van der Waals surface area contributed by atoms with E-state index in [1.807, 2.05) is 48.7 Å². The standard InChI is InChI=1S/C19H16Cl2N2O/c1-12-11-18(19(24)22-16-7-3-14(20)4-8-16)13(2)23(12)17-9-5-15(21)6-10-17/h3-11H,1-2H3,(H,22,24). The molecule has 5 heteroatoms. The van der Waals surface area contributed by atoms with Crippen molar-refractivity contribution in [3.8, 4) is 5.69 Å². The summed E-state index contributed by atoms with van der Waals surface area (Å²) in [5, 5.41) is 4.21. The molecule has 0 aliphatic rings. The number of aromatic nitrogens is 1. The Labute approximate surface area is 150 Å². The van der Waals surface area contributed by atoms with E-state index in [9.17, 15) is 4.79 Å². The van der Waals surface area contributed by atoms with Gasteiger partial charge in [0, 0.05) is 32.8 Å². The molecule has 1 N–H and O–H groups in total. The van der Waals surface area contributed by atoms with Crippen LogP contribution in [0, 0.1) is 13.8 Å². The molecule has 122 valence electrons. The van der Waals surface area contributed by atoms with Crippen molar-refractivity contribution in [2.45, 2.75) is 13.8 Å². The predicted octanol–water partition coefficient (Wildman–Crippen LogP) is 5.65. The second-order valence-corrected chi connectivity index (χ2v) is 6.43. The van der Waals surface area contributed by atoms with E-state index in [0.717, 1.165) is 17.1 Å². The molecule has 0 bridgehead atoms. The summed E-state index contributed by atoms with van der Waals surface area (Å²) >= 11 is 11.8. The SMILES string of the molecule is Cc1cc(C(=O)Nc2ccc(Cl)cc2)c(C)n1-c1ccc(Cl)cc1. The van der Waals surface area contributed by atoms with Crippen molar-refractivity contribution in [1.82, 2.24) is 4.57 Å². The number of carbonyl (C=O) groups is 1. The van der Waals surface area contributed by atoms with Crippen molar-refractivity contribution >= 4 is 34.8 Å². The van der Waals surface area contributed by atoms with Crippen LogP contribution in [0.4, 0.5) is 5.69 Å². The second kappa shape index (κ2) is 6.71. The van der Waals surface area contributed by atoms with Gasteiger partial charge in [-0.1, -0.05) is 23.2 Å². The Bertz CT molecular complexity index is 881. The summed E-state index contributed by atoms with van der Waals surface area (Å²) < 4.78 is 2.03. The molecule has 0 radical (unpaired) electrons. The van der Waals surface area contributed by atoms with Crippen LogP contribution in [0.25, 0.3) is 5.69 Å². The van der Waals surface area contributed by atoms with Crippen molar-refractivity contribution in [3.05, 3.63) is 81.6 Å². The monoisotopic (exact) mass is 358 g/mol. The van der Waals surface area contributed by atoms with Crippen molar-refractivity contribution in [1.29, 1.82) is 0 Å². The molecule has 3 nitrogen and oxygen atoms in total. The molecule has 0 spiro atoms. The van der Waals surface area contributed by atoms with E-state index in [1.165, 1.54) is 0 Å². The number of carbonyl (C=O) groups excluding carboxylic acids is 1. The third-order valence-electron chi connectivity index (χ3n) is 3.86. The van der Waals surface area contributed by atoms with E-state index in [1.54, 1.807) is 24.3 Å². The predicted molar refractivity (Wildman–Crippen MR) is 99.7 cm³/mol. The van der Waals surface area contributed by atoms with Crippen LogP contribution in [0.2, 0.25) is 10.0 Å². The molecule has 0 unspecified atom stereocenters. The molecule has 2 aromatic carbocycles. The lowest BCUT2D eigenvalue weighted by Gasteiger charge is -2.10. The molecule has 3 aromatic rings. The number of benzene rings is 2. The normalized spacial score (nSPS) is 10.7. The van der Waals surface area contributed by atoms with Crippen LogP contribution in [-0.2, 0) is 0 Å². The number of rotatable bonds is 3. The van der Waals surface area contributed by atoms with Crippen molar-refractivity contribution < 1.29 is 4.79 Å². The lowest BCUT2D eigenvalue weighted by molar-refractivity contribution is 0.102. The molecular formula is C19H16Cl2N2O. The van der Waals surface area contributed by atoms with Crippen molar-refractivity contribution in [2.75, 3.05) is 5.32 Å². The van der Waals surface area contributed by atoms with E-state index in [-0.39, 0.29) is 5.91 Å². The van der Waals surface area contributed by atoms with Crippen molar-refractivity contribution in [2.24, 2.45) is 0 Å². The average molecular weight is 359 g/mol. The molecule has 0 saturated carbocycles. The zero-order valence-electron chi connectivity index (χ0n) is 13.3. The fourth-order valence-corrected chi connectivity index (χ4v) is 2.96. The fraction of sp³-hybridized carbons (Fsp3) is 0.105. The maximum atomic E-state index is 12.6. The molecule has 1 amide bonds. The summed E-state index contributed by atoms with van der Waals surface area (Å²) in [6.07, 6.45) is 0. The lowest BCUT2D eigenvalue weighted by atomic mass is 10.2. The Morgan fingerprint density at radius 3 is 2.04 bits per heavy atom. The van der Waals surface area contributed by atoms with Gasteiger partial charge in [0.1, 0.15) is 0 Å². The minimum atomic E-state index is -0.148. The van der Waals surface area contributed by atoms with Crippen LogP contribution in [0.3, 0.4) is 0 Å². The minimum Gasteiger partial charge on any atom is -0.322 e. The van der Waals surface area contributed by atoms with E-state index >= 15 is 0 Å². The smallest absolute Gasteiger partial charge is 0.257 e. The van der Waals surface area contributed by atoms with Gasteiger partial charge in [-0.25, -0.2) is 0 Å². The van der Waals surface area contributed by atoms with Crippen molar-refractivity contribution in [3.63, 3.8) is 0 Å². The number of nitrogens with zero attached hydrogens (tertiary/aromatic N) is 1. The number of hydrogen-bond donors (Lipinski definition) is 1. The summed E-state index contributed by atoms with van der Waals surface area (Å²) in [5.74, 6) is -0.148. The number of hydrogen-bond acceptors (Lipinski definition) is 1. The van der Waals surface area contributed by atoms with E-state index < -0.39 is 0 Å². The highest BCUT2D eigenvalue weighted by Crippen LogP contribution is 2.23. The van der Waals surface area contributed by atoms with Crippen LogP contribution >= 0.6 is 23.2 Å². The third-order valence-corrected chi connectivity index (χ3v) is 4.37. The maximum Gasteiger partial charge on any atom is 0.257 e. The Balaban J connectivity index is 1.92. The number of nitrogens with one attached hydrogen (secondary N) is 1. The zero-order chi connectivity index (χ0) is 17.3. The van der Waals surface area contributed by atoms with E-state index in [2.05, 4.69) is 5.32 Å². The van der Waals surface area contributed by atoms with Gasteiger partial charge < -0.3 is 9.88 Å². The first-order chi connectivity index (χ1) is 11.5. The Morgan fingerprint density at radius 2 is 1.46 bits per heavy atom. The number of amides is 1. The summed E-state index contributed by atoms with van der Waals surface area (Å²) in [5.41, 5.74) is 4.18. The quantitative estimate of drug-likeness (QED) is 0.644. The summed E-state index contributed by atoms with van der Waals surface area (Å²) in [4.78, 5) is 12.6. The van der Waals surface area contributed by atoms with Crippen LogP contribution < -0.4 is 5.32 Å². The Hall–Kier alpha value is -2.23. The first kappa shape index (κ1) is 16.6. The molecule has 0 saturated heterocycles. The summed E-state index contributed by atoms with van der Waals surface area (Å²) in [7, 11) is 0. The number of anilines is 1. The highest BCUT2D eigenvalue weighted by Gasteiger charge is 2.16. The zero-order valence-corrected chi connectivity index (χ0v) is 14.8. The molecular weight excluding hydrogens is 343 g/mol. The second-order valence-electron chi connectivity index (χ2n) is 5.56. The first-order valence-corrected chi connectivity index (χ1v) is 8.23. The molecule has 1 heterocycles. The molecule has 0 aliphatic carbocycles. The maximum absolute atomic E-state index is 12.6. The van der Waals surface area contributed by atoms with Gasteiger partial charge in [0.25, 0.3) is 5.91 Å². The molecule has 3 rings (SSSR count). The van der Waals surface area contributed by atoms with E-state index in [4.69, 9.17) is 23.2 Å². The summed E-state index contributed by atoms with van der Waals surface area (Å²) in [6, 6.07) is 16.5. The number of aryl methyl sites for hydroxylation is 1. The largest absolute Gasteiger partial charge is 0.322 e. The van der Waals surface area contributed by atoms with Gasteiger partial charge in [0.15, 0.2) is 0 Å². The molecule has 0 aliphatic heterocycles. The summed E-state index contributed by atoms with van der Waals surface area (Å²) in [6.45, 7) is 3.90. The van der Waals surface area contributed by atoms with Gasteiger partial charge in [0.05, 0.1) is 5.56 Å². The van der Waals surface area contributed by atoms with Crippen LogP contribution in [0.1, 0.15) is 21.7 Å². The van der Waals surface area contributed by atoms with Gasteiger partial charge in [-0.2, -0.15) is 0 Å². The van der Waals surface area contributed by atoms with Crippen LogP contribution in [0.15, 0.2) is 54.6 Å². The lowest BCUT2D eigenvalue weighted by Crippen LogP contribution is -2.13. The molecule has 0 fully saturated rings. The Kier molecular flexibility index (Phi) is 4.65. The number of halogens is 2. The Morgan fingerprint density at radius 1 is 0.917 bits per heavy atom. The van der Waals surface area contributed by atoms with Gasteiger partial charge in [-0.15, -0.1) is 0 Å². The van der Waals surface area contributed by atoms with Gasteiger partial charge in [-0.3, -0.25) is 4.79 Å². The van der Waals surface area contributed by atoms with Crippen LogP contribution in [0.5, 0.6) is 0 Å². The van der Waals surface area contributed by atoms with Gasteiger partial charge in [0.2, 0.25) is 0 Å². The molecule has 1 aromatic heterocycles. The third kappa shape index (κ3) is 3.32. The fourth-order valence-electron chi connectivity index (χ4n) is 2.71. The molecule has 24 heavy (non-hydrogen) atoms.